The average molecular weight is 230 g/mol. The largest absolute Gasteiger partial charge is 0.316 e. The van der Waals surface area contributed by atoms with E-state index in [2.05, 4.69) is 5.32 Å². The summed E-state index contributed by atoms with van der Waals surface area (Å²) < 4.78 is 0. The minimum atomic E-state index is 0.477. The summed E-state index contributed by atoms with van der Waals surface area (Å²) in [5.41, 5.74) is 1.11. The standard InChI is InChI=1S/C11H13Cl2N/c12-9-4-1-5-10(13)11(9)8-3-2-6-14-7-8/h1,4-5,8,14H,2-3,6-7H2. The highest BCUT2D eigenvalue weighted by Crippen LogP contribution is 2.34. The molecule has 1 aromatic carbocycles. The fourth-order valence-electron chi connectivity index (χ4n) is 2.00. The van der Waals surface area contributed by atoms with Crippen molar-refractivity contribution in [3.05, 3.63) is 33.8 Å². The van der Waals surface area contributed by atoms with Crippen molar-refractivity contribution in [1.82, 2.24) is 5.32 Å². The van der Waals surface area contributed by atoms with Crippen molar-refractivity contribution < 1.29 is 0 Å². The van der Waals surface area contributed by atoms with Crippen LogP contribution in [0.15, 0.2) is 18.2 Å². The van der Waals surface area contributed by atoms with Gasteiger partial charge in [-0.05, 0) is 43.0 Å². The van der Waals surface area contributed by atoms with Gasteiger partial charge in [0.15, 0.2) is 0 Å². The summed E-state index contributed by atoms with van der Waals surface area (Å²) >= 11 is 12.3. The van der Waals surface area contributed by atoms with E-state index >= 15 is 0 Å². The molecule has 1 N–H and O–H groups in total. The van der Waals surface area contributed by atoms with Crippen LogP contribution in [0, 0.1) is 0 Å². The van der Waals surface area contributed by atoms with E-state index in [0.29, 0.717) is 5.92 Å². The lowest BCUT2D eigenvalue weighted by Gasteiger charge is -2.24. The molecule has 76 valence electrons. The molecule has 2 rings (SSSR count). The van der Waals surface area contributed by atoms with Crippen molar-refractivity contribution in [2.45, 2.75) is 18.8 Å². The van der Waals surface area contributed by atoms with Crippen LogP contribution in [-0.2, 0) is 0 Å². The number of nitrogens with one attached hydrogen (secondary N) is 1. The Labute approximate surface area is 94.4 Å². The van der Waals surface area contributed by atoms with Crippen molar-refractivity contribution in [2.75, 3.05) is 13.1 Å². The lowest BCUT2D eigenvalue weighted by molar-refractivity contribution is 0.462. The monoisotopic (exact) mass is 229 g/mol. The van der Waals surface area contributed by atoms with E-state index in [-0.39, 0.29) is 0 Å². The minimum absolute atomic E-state index is 0.477. The SMILES string of the molecule is Clc1cccc(Cl)c1C1CCCNC1. The maximum Gasteiger partial charge on any atom is 0.0456 e. The topological polar surface area (TPSA) is 12.0 Å². The zero-order valence-electron chi connectivity index (χ0n) is 7.89. The molecule has 0 bridgehead atoms. The molecule has 0 spiro atoms. The van der Waals surface area contributed by atoms with Crippen molar-refractivity contribution in [1.29, 1.82) is 0 Å². The van der Waals surface area contributed by atoms with Crippen LogP contribution in [0.3, 0.4) is 0 Å². The lowest BCUT2D eigenvalue weighted by Crippen LogP contribution is -2.28. The first-order valence-electron chi connectivity index (χ1n) is 4.93. The fraction of sp³-hybridized carbons (Fsp3) is 0.455. The molecule has 0 aromatic heterocycles. The summed E-state index contributed by atoms with van der Waals surface area (Å²) in [5.74, 6) is 0.477. The maximum absolute atomic E-state index is 6.15. The molecule has 1 fully saturated rings. The summed E-state index contributed by atoms with van der Waals surface area (Å²) in [6.45, 7) is 2.10. The van der Waals surface area contributed by atoms with Gasteiger partial charge in [0, 0.05) is 16.6 Å². The van der Waals surface area contributed by atoms with E-state index in [0.717, 1.165) is 28.7 Å². The Morgan fingerprint density at radius 1 is 1.21 bits per heavy atom. The first-order valence-corrected chi connectivity index (χ1v) is 5.69. The summed E-state index contributed by atoms with van der Waals surface area (Å²) in [5, 5.41) is 4.97. The van der Waals surface area contributed by atoms with Gasteiger partial charge in [0.25, 0.3) is 0 Å². The van der Waals surface area contributed by atoms with Crippen molar-refractivity contribution in [2.24, 2.45) is 0 Å². The Balaban J connectivity index is 2.29. The lowest BCUT2D eigenvalue weighted by atomic mass is 9.91. The second-order valence-corrected chi connectivity index (χ2v) is 4.49. The van der Waals surface area contributed by atoms with E-state index in [9.17, 15) is 0 Å². The van der Waals surface area contributed by atoms with E-state index in [4.69, 9.17) is 23.2 Å². The van der Waals surface area contributed by atoms with Crippen LogP contribution in [0.1, 0.15) is 24.3 Å². The number of benzene rings is 1. The molecule has 0 aliphatic carbocycles. The molecule has 1 unspecified atom stereocenters. The van der Waals surface area contributed by atoms with Gasteiger partial charge in [0.2, 0.25) is 0 Å². The summed E-state index contributed by atoms with van der Waals surface area (Å²) in [4.78, 5) is 0. The molecular formula is C11H13Cl2N. The van der Waals surface area contributed by atoms with Crippen LogP contribution in [0.25, 0.3) is 0 Å². The number of piperidine rings is 1. The van der Waals surface area contributed by atoms with E-state index in [1.165, 1.54) is 12.8 Å². The molecule has 0 radical (unpaired) electrons. The Kier molecular flexibility index (Phi) is 3.32. The van der Waals surface area contributed by atoms with Crippen LogP contribution in [0.2, 0.25) is 10.0 Å². The Morgan fingerprint density at radius 3 is 2.50 bits per heavy atom. The number of hydrogen-bond acceptors (Lipinski definition) is 1. The third-order valence-electron chi connectivity index (χ3n) is 2.70. The van der Waals surface area contributed by atoms with Crippen LogP contribution < -0.4 is 5.32 Å². The molecule has 0 amide bonds. The van der Waals surface area contributed by atoms with Gasteiger partial charge in [-0.1, -0.05) is 29.3 Å². The molecule has 1 saturated heterocycles. The third kappa shape index (κ3) is 2.05. The van der Waals surface area contributed by atoms with Gasteiger partial charge in [0.05, 0.1) is 0 Å². The molecule has 1 atom stereocenters. The molecule has 14 heavy (non-hydrogen) atoms. The second kappa shape index (κ2) is 4.52. The Bertz CT molecular complexity index is 299. The smallest absolute Gasteiger partial charge is 0.0456 e. The van der Waals surface area contributed by atoms with Gasteiger partial charge in [-0.25, -0.2) is 0 Å². The van der Waals surface area contributed by atoms with Crippen molar-refractivity contribution in [3.8, 4) is 0 Å². The molecule has 1 aliphatic rings. The van der Waals surface area contributed by atoms with Crippen LogP contribution in [0.4, 0.5) is 0 Å². The van der Waals surface area contributed by atoms with Crippen molar-refractivity contribution >= 4 is 23.2 Å². The molecular weight excluding hydrogens is 217 g/mol. The molecule has 1 nitrogen and oxygen atoms in total. The van der Waals surface area contributed by atoms with E-state index in [1.54, 1.807) is 0 Å². The normalized spacial score (nSPS) is 22.3. The summed E-state index contributed by atoms with van der Waals surface area (Å²) in [6.07, 6.45) is 2.38. The summed E-state index contributed by atoms with van der Waals surface area (Å²) in [6, 6.07) is 5.72. The van der Waals surface area contributed by atoms with Crippen LogP contribution in [0.5, 0.6) is 0 Å². The highest BCUT2D eigenvalue weighted by Gasteiger charge is 2.19. The third-order valence-corrected chi connectivity index (χ3v) is 3.36. The predicted molar refractivity (Wildman–Crippen MR) is 61.3 cm³/mol. The quantitative estimate of drug-likeness (QED) is 0.778. The second-order valence-electron chi connectivity index (χ2n) is 3.68. The maximum atomic E-state index is 6.15. The highest BCUT2D eigenvalue weighted by molar-refractivity contribution is 6.36. The zero-order valence-corrected chi connectivity index (χ0v) is 9.41. The zero-order chi connectivity index (χ0) is 9.97. The van der Waals surface area contributed by atoms with E-state index in [1.807, 2.05) is 18.2 Å². The first kappa shape index (κ1) is 10.3. The highest BCUT2D eigenvalue weighted by atomic mass is 35.5. The Hall–Kier alpha value is -0.240. The van der Waals surface area contributed by atoms with Crippen molar-refractivity contribution in [3.63, 3.8) is 0 Å². The number of halogens is 2. The van der Waals surface area contributed by atoms with Gasteiger partial charge in [-0.3, -0.25) is 0 Å². The van der Waals surface area contributed by atoms with Crippen LogP contribution in [-0.4, -0.2) is 13.1 Å². The minimum Gasteiger partial charge on any atom is -0.316 e. The fourth-order valence-corrected chi connectivity index (χ4v) is 2.70. The number of hydrogen-bond donors (Lipinski definition) is 1. The predicted octanol–water partition coefficient (Wildman–Crippen LogP) is 3.46. The van der Waals surface area contributed by atoms with Gasteiger partial charge in [-0.2, -0.15) is 0 Å². The molecule has 0 saturated carbocycles. The molecule has 3 heteroatoms. The average Bonchev–Trinajstić information content (AvgIpc) is 2.19. The Morgan fingerprint density at radius 2 is 1.93 bits per heavy atom. The molecule has 1 aromatic rings. The first-order chi connectivity index (χ1) is 6.79. The molecule has 1 aliphatic heterocycles. The van der Waals surface area contributed by atoms with Gasteiger partial charge in [-0.15, -0.1) is 0 Å². The van der Waals surface area contributed by atoms with Gasteiger partial charge >= 0.3 is 0 Å². The summed E-state index contributed by atoms with van der Waals surface area (Å²) in [7, 11) is 0. The molecule has 1 heterocycles. The van der Waals surface area contributed by atoms with E-state index < -0.39 is 0 Å². The van der Waals surface area contributed by atoms with Crippen LogP contribution >= 0.6 is 23.2 Å². The van der Waals surface area contributed by atoms with Gasteiger partial charge in [0.1, 0.15) is 0 Å². The number of rotatable bonds is 1. The van der Waals surface area contributed by atoms with Gasteiger partial charge < -0.3 is 5.32 Å².